The van der Waals surface area contributed by atoms with Gasteiger partial charge in [-0.1, -0.05) is 23.8 Å². The topological polar surface area (TPSA) is 46.5 Å². The maximum absolute atomic E-state index is 10.9. The molecule has 0 aromatic carbocycles. The zero-order valence-electron chi connectivity index (χ0n) is 7.07. The third kappa shape index (κ3) is 4.10. The van der Waals surface area contributed by atoms with E-state index in [1.807, 2.05) is 0 Å². The van der Waals surface area contributed by atoms with Gasteiger partial charge in [-0.2, -0.15) is 0 Å². The molecule has 1 rings (SSSR count). The van der Waals surface area contributed by atoms with Crippen LogP contribution in [0.1, 0.15) is 19.3 Å². The molecule has 0 aromatic heterocycles. The molecule has 0 amide bonds. The maximum Gasteiger partial charge on any atom is 0.312 e. The van der Waals surface area contributed by atoms with E-state index in [9.17, 15) is 4.79 Å². The number of rotatable bonds is 0. The zero-order chi connectivity index (χ0) is 9.68. The second kappa shape index (κ2) is 5.04. The monoisotopic (exact) mass is 202 g/mol. The number of ether oxygens (including phenoxy) is 1. The minimum Gasteiger partial charge on any atom is -0.432 e. The number of allylic oxidation sites excluding steroid dienone is 2. The number of hydrogen-bond donors (Lipinski definition) is 1. The highest BCUT2D eigenvalue weighted by atomic mass is 35.5. The first-order valence-electron chi connectivity index (χ1n) is 4.07. The first-order valence-corrected chi connectivity index (χ1v) is 4.45. The van der Waals surface area contributed by atoms with Crippen molar-refractivity contribution in [1.29, 1.82) is 0 Å². The Morgan fingerprint density at radius 1 is 1.62 bits per heavy atom. The summed E-state index contributed by atoms with van der Waals surface area (Å²) in [5.41, 5.74) is 0. The van der Waals surface area contributed by atoms with E-state index in [0.717, 1.165) is 6.42 Å². The van der Waals surface area contributed by atoms with E-state index < -0.39 is 12.3 Å². The predicted octanol–water partition coefficient (Wildman–Crippen LogP) is 1.71. The first kappa shape index (κ1) is 10.3. The standard InChI is InChI=1S/C9H11ClO3/c10-7-3-1-2-4-8(11)13-9(12)6-5-7/h2,4-5,8,11H,1,3,6H2/b4-2+,7-5-. The summed E-state index contributed by atoms with van der Waals surface area (Å²) in [4.78, 5) is 10.9. The van der Waals surface area contributed by atoms with Gasteiger partial charge in [-0.15, -0.1) is 0 Å². The van der Waals surface area contributed by atoms with Gasteiger partial charge in [0.15, 0.2) is 0 Å². The highest BCUT2D eigenvalue weighted by molar-refractivity contribution is 6.29. The minimum atomic E-state index is -1.13. The second-order valence-corrected chi connectivity index (χ2v) is 3.19. The largest absolute Gasteiger partial charge is 0.432 e. The third-order valence-corrected chi connectivity index (χ3v) is 1.94. The number of aliphatic hydroxyl groups excluding tert-OH is 1. The van der Waals surface area contributed by atoms with Crippen LogP contribution in [0, 0.1) is 0 Å². The summed E-state index contributed by atoms with van der Waals surface area (Å²) in [6.07, 6.45) is 5.20. The molecule has 0 saturated heterocycles. The van der Waals surface area contributed by atoms with Gasteiger partial charge in [-0.3, -0.25) is 4.79 Å². The molecule has 1 aliphatic rings. The summed E-state index contributed by atoms with van der Waals surface area (Å²) in [5, 5.41) is 9.73. The molecule has 3 nitrogen and oxygen atoms in total. The summed E-state index contributed by atoms with van der Waals surface area (Å²) in [5.74, 6) is -0.475. The molecule has 1 N–H and O–H groups in total. The fourth-order valence-electron chi connectivity index (χ4n) is 0.952. The van der Waals surface area contributed by atoms with Gasteiger partial charge < -0.3 is 9.84 Å². The molecule has 1 heterocycles. The number of carbonyl (C=O) groups excluding carboxylic acids is 1. The SMILES string of the molecule is O=C1C/C=C(\Cl)CC/C=C/C(O)O1. The van der Waals surface area contributed by atoms with Crippen molar-refractivity contribution in [2.45, 2.75) is 25.6 Å². The van der Waals surface area contributed by atoms with Gasteiger partial charge in [0, 0.05) is 5.03 Å². The molecule has 0 aromatic rings. The van der Waals surface area contributed by atoms with Gasteiger partial charge in [0.2, 0.25) is 6.29 Å². The Balaban J connectivity index is 2.60. The van der Waals surface area contributed by atoms with Crippen molar-refractivity contribution in [3.05, 3.63) is 23.3 Å². The van der Waals surface area contributed by atoms with E-state index in [2.05, 4.69) is 4.74 Å². The van der Waals surface area contributed by atoms with Gasteiger partial charge in [0.25, 0.3) is 0 Å². The number of aliphatic hydroxyl groups is 1. The van der Waals surface area contributed by atoms with Crippen molar-refractivity contribution < 1.29 is 14.6 Å². The van der Waals surface area contributed by atoms with Crippen LogP contribution in [0.4, 0.5) is 0 Å². The highest BCUT2D eigenvalue weighted by Crippen LogP contribution is 2.13. The molecule has 0 bridgehead atoms. The predicted molar refractivity (Wildman–Crippen MR) is 49.0 cm³/mol. The number of halogens is 1. The van der Waals surface area contributed by atoms with Crippen LogP contribution in [0.5, 0.6) is 0 Å². The molecule has 0 aliphatic carbocycles. The zero-order valence-corrected chi connectivity index (χ0v) is 7.83. The molecule has 1 unspecified atom stereocenters. The van der Waals surface area contributed by atoms with Crippen LogP contribution in [0.15, 0.2) is 23.3 Å². The molecular weight excluding hydrogens is 192 g/mol. The lowest BCUT2D eigenvalue weighted by Crippen LogP contribution is -2.14. The number of carbonyl (C=O) groups is 1. The highest BCUT2D eigenvalue weighted by Gasteiger charge is 2.07. The minimum absolute atomic E-state index is 0.115. The molecule has 0 radical (unpaired) electrons. The average molecular weight is 203 g/mol. The lowest BCUT2D eigenvalue weighted by Gasteiger charge is -2.08. The number of esters is 1. The maximum atomic E-state index is 10.9. The molecule has 1 atom stereocenters. The van der Waals surface area contributed by atoms with Crippen molar-refractivity contribution in [2.24, 2.45) is 0 Å². The van der Waals surface area contributed by atoms with Crippen LogP contribution in [0.25, 0.3) is 0 Å². The number of hydrogen-bond acceptors (Lipinski definition) is 3. The summed E-state index contributed by atoms with van der Waals surface area (Å²) < 4.78 is 4.60. The lowest BCUT2D eigenvalue weighted by atomic mass is 10.2. The van der Waals surface area contributed by atoms with Gasteiger partial charge in [0.1, 0.15) is 0 Å². The smallest absolute Gasteiger partial charge is 0.312 e. The van der Waals surface area contributed by atoms with Crippen molar-refractivity contribution in [3.63, 3.8) is 0 Å². The van der Waals surface area contributed by atoms with Gasteiger partial charge >= 0.3 is 5.97 Å². The first-order chi connectivity index (χ1) is 6.18. The lowest BCUT2D eigenvalue weighted by molar-refractivity contribution is -0.159. The van der Waals surface area contributed by atoms with Crippen molar-refractivity contribution in [2.75, 3.05) is 0 Å². The van der Waals surface area contributed by atoms with E-state index in [-0.39, 0.29) is 6.42 Å². The van der Waals surface area contributed by atoms with Crippen molar-refractivity contribution in [1.82, 2.24) is 0 Å². The Hall–Kier alpha value is -0.800. The average Bonchev–Trinajstić information content (AvgIpc) is 2.08. The Morgan fingerprint density at radius 2 is 2.38 bits per heavy atom. The molecule has 0 saturated carbocycles. The Kier molecular flexibility index (Phi) is 3.99. The third-order valence-electron chi connectivity index (χ3n) is 1.59. The fourth-order valence-corrected chi connectivity index (χ4v) is 1.14. The van der Waals surface area contributed by atoms with Crippen LogP contribution in [0.3, 0.4) is 0 Å². The van der Waals surface area contributed by atoms with Crippen molar-refractivity contribution >= 4 is 17.6 Å². The molecule has 13 heavy (non-hydrogen) atoms. The Labute approximate surface area is 81.6 Å². The van der Waals surface area contributed by atoms with Gasteiger partial charge in [0.05, 0.1) is 6.42 Å². The van der Waals surface area contributed by atoms with Crippen LogP contribution in [-0.4, -0.2) is 17.4 Å². The summed E-state index contributed by atoms with van der Waals surface area (Å²) >= 11 is 5.78. The van der Waals surface area contributed by atoms with Crippen LogP contribution in [-0.2, 0) is 9.53 Å². The quantitative estimate of drug-likeness (QED) is 0.481. The molecular formula is C9H11ClO3. The van der Waals surface area contributed by atoms with Crippen LogP contribution >= 0.6 is 11.6 Å². The van der Waals surface area contributed by atoms with E-state index in [1.54, 1.807) is 12.2 Å². The van der Waals surface area contributed by atoms with Crippen LogP contribution in [0.2, 0.25) is 0 Å². The fraction of sp³-hybridized carbons (Fsp3) is 0.444. The normalized spacial score (nSPS) is 31.4. The summed E-state index contributed by atoms with van der Waals surface area (Å²) in [6, 6.07) is 0. The molecule has 0 fully saturated rings. The number of cyclic esters (lactones) is 1. The van der Waals surface area contributed by atoms with E-state index in [1.165, 1.54) is 6.08 Å². The molecule has 72 valence electrons. The van der Waals surface area contributed by atoms with E-state index >= 15 is 0 Å². The summed E-state index contributed by atoms with van der Waals surface area (Å²) in [7, 11) is 0. The van der Waals surface area contributed by atoms with Crippen molar-refractivity contribution in [3.8, 4) is 0 Å². The van der Waals surface area contributed by atoms with Gasteiger partial charge in [-0.05, 0) is 18.9 Å². The van der Waals surface area contributed by atoms with E-state index in [4.69, 9.17) is 16.7 Å². The summed E-state index contributed by atoms with van der Waals surface area (Å²) in [6.45, 7) is 0. The Bertz CT molecular complexity index is 245. The Morgan fingerprint density at radius 3 is 3.15 bits per heavy atom. The molecule has 4 heteroatoms. The second-order valence-electron chi connectivity index (χ2n) is 2.70. The van der Waals surface area contributed by atoms with Crippen LogP contribution < -0.4 is 0 Å². The molecule has 0 spiro atoms. The van der Waals surface area contributed by atoms with E-state index in [0.29, 0.717) is 11.5 Å². The molecule has 1 aliphatic heterocycles. The van der Waals surface area contributed by atoms with Gasteiger partial charge in [-0.25, -0.2) is 0 Å².